The molecule has 0 aliphatic carbocycles. The largest absolute Gasteiger partial charge is 0.370 e. The van der Waals surface area contributed by atoms with Crippen molar-refractivity contribution >= 4 is 93.1 Å². The van der Waals surface area contributed by atoms with Gasteiger partial charge < -0.3 is 83.9 Å². The molecule has 4 rings (SSSR count). The first-order valence-corrected chi connectivity index (χ1v) is 34.7. The molecule has 0 saturated carbocycles. The molecule has 101 heavy (non-hydrogen) atoms. The van der Waals surface area contributed by atoms with Gasteiger partial charge in [0.25, 0.3) is 0 Å². The fourth-order valence-electron chi connectivity index (χ4n) is 12.0. The standard InChI is InChI=1S/C69H106N22O10/c70-29-8-6-21-54(62(71)98)87-61(97)27-26-47-39-58(94)52(22-12-32-84-68(76)77)88-63(99)48(18-10-30-82-66(72)73)40-59(95)53(23-13-33-85-69(78)79)89-64(100)49(19-11-31-83-67(74)75)41-60(96)55(38-44-24-25-45-16-4-5-17-46(45)37-44)90-65(101)50(36-43-14-2-1-3-15-43)42-57(93)51(81-35-28-56(47)92)20-7-9-34-86-91-80/h1-5,14-17,24-25,37,47-55,81H,6-13,18-23,26-36,38-42,70H2,(H2,71,98)(H,87,97)(H,88,99)(H,89,100)(H,90,101)(H4,72,73,82)(H4,74,75,83)(H4,76,77,84)(H4,78,79,85)/t47-,48-,49-,50-,51+,52+,53+,54+,55+/m1/s1. The summed E-state index contributed by atoms with van der Waals surface area (Å²) in [5.41, 5.74) is 67.2. The Hall–Kier alpha value is -10.1. The molecule has 0 radical (unpaired) electrons. The zero-order chi connectivity index (χ0) is 74.1. The Kier molecular flexibility index (Phi) is 38.2. The number of nitrogens with zero attached hydrogens (tertiary/aromatic N) is 7. The maximum atomic E-state index is 15.4. The summed E-state index contributed by atoms with van der Waals surface area (Å²) in [6, 6.07) is 16.1. The Morgan fingerprint density at radius 3 is 1.49 bits per heavy atom. The number of amides is 5. The number of hydrogen-bond acceptors (Lipinski definition) is 17. The molecule has 5 amide bonds. The predicted molar refractivity (Wildman–Crippen MR) is 388 cm³/mol. The van der Waals surface area contributed by atoms with E-state index in [2.05, 4.69) is 56.6 Å². The fourth-order valence-corrected chi connectivity index (χ4v) is 12.0. The number of carbonyl (C=O) groups excluding carboxylic acids is 10. The summed E-state index contributed by atoms with van der Waals surface area (Å²) >= 11 is 0. The Bertz CT molecular complexity index is 3380. The molecule has 0 bridgehead atoms. The highest BCUT2D eigenvalue weighted by molar-refractivity contribution is 5.98. The Morgan fingerprint density at radius 1 is 0.475 bits per heavy atom. The van der Waals surface area contributed by atoms with Gasteiger partial charge >= 0.3 is 0 Å². The molecule has 552 valence electrons. The van der Waals surface area contributed by atoms with E-state index in [1.54, 1.807) is 30.3 Å². The van der Waals surface area contributed by atoms with Gasteiger partial charge in [-0.1, -0.05) is 84.3 Å². The third-order valence-corrected chi connectivity index (χ3v) is 17.5. The van der Waals surface area contributed by atoms with Gasteiger partial charge in [-0.05, 0) is 137 Å². The van der Waals surface area contributed by atoms with Crippen molar-refractivity contribution in [1.82, 2.24) is 26.6 Å². The first-order chi connectivity index (χ1) is 48.4. The lowest BCUT2D eigenvalue weighted by Gasteiger charge is -2.27. The minimum absolute atomic E-state index is 0.00173. The molecule has 0 unspecified atom stereocenters. The number of fused-ring (bicyclic) bond motifs is 1. The third-order valence-electron chi connectivity index (χ3n) is 17.5. The number of nitrogens with one attached hydrogen (secondary N) is 5. The highest BCUT2D eigenvalue weighted by atomic mass is 16.2. The SMILES string of the molecule is [N-]=[N+]=NCCCC[C@@H]1NCCC(=O)[C@H](CCC(=O)N[C@@H](CCCCN)C(N)=O)CC(=O)[C@H](CCCN=C(N)N)NC(=O)[C@H](CCCN=C(N)N)CC(=O)[C@H](CCCN=C(N)N)NC(=O)[C@H](CCCN=C(N)N)CC(=O)[C@H](Cc2ccc3ccccc3c2)NC(=O)[C@H](Cc2ccccc2)CC1=O. The summed E-state index contributed by atoms with van der Waals surface area (Å²) in [7, 11) is 0. The maximum Gasteiger partial charge on any atom is 0.239 e. The van der Waals surface area contributed by atoms with Crippen molar-refractivity contribution in [3.8, 4) is 0 Å². The van der Waals surface area contributed by atoms with Gasteiger partial charge in [-0.25, -0.2) is 0 Å². The van der Waals surface area contributed by atoms with E-state index < -0.39 is 132 Å². The van der Waals surface area contributed by atoms with E-state index in [0.717, 1.165) is 10.8 Å². The average Bonchev–Trinajstić information content (AvgIpc) is 0.868. The zero-order valence-electron chi connectivity index (χ0n) is 57.8. The van der Waals surface area contributed by atoms with Crippen LogP contribution in [0, 0.1) is 23.7 Å². The van der Waals surface area contributed by atoms with Crippen molar-refractivity contribution in [3.63, 3.8) is 0 Å². The molecule has 1 heterocycles. The summed E-state index contributed by atoms with van der Waals surface area (Å²) in [4.78, 5) is 166. The molecule has 1 aliphatic rings. The first-order valence-electron chi connectivity index (χ1n) is 34.7. The fraction of sp³-hybridized carbons (Fsp3) is 0.565. The highest BCUT2D eigenvalue weighted by Crippen LogP contribution is 2.25. The van der Waals surface area contributed by atoms with Crippen LogP contribution in [0.3, 0.4) is 0 Å². The van der Waals surface area contributed by atoms with Crippen LogP contribution in [-0.4, -0.2) is 158 Å². The zero-order valence-corrected chi connectivity index (χ0v) is 57.8. The molecule has 1 aliphatic heterocycles. The number of carbonyl (C=O) groups is 10. The number of unbranched alkanes of at least 4 members (excludes halogenated alkanes) is 2. The minimum Gasteiger partial charge on any atom is -0.370 e. The van der Waals surface area contributed by atoms with E-state index in [4.69, 9.17) is 62.9 Å². The topological polar surface area (TPSA) is 589 Å². The van der Waals surface area contributed by atoms with Gasteiger partial charge in [-0.2, -0.15) is 0 Å². The minimum atomic E-state index is -1.35. The number of Topliss-reactive ketones (excluding diaryl/α,β-unsaturated/α-hetero) is 5. The van der Waals surface area contributed by atoms with Crippen molar-refractivity contribution in [1.29, 1.82) is 0 Å². The number of aliphatic imine (C=N–C) groups is 4. The number of guanidine groups is 4. The molecule has 32 heteroatoms. The number of azide groups is 1. The van der Waals surface area contributed by atoms with E-state index in [1.165, 1.54) is 0 Å². The molecule has 1 fully saturated rings. The van der Waals surface area contributed by atoms with Gasteiger partial charge in [-0.15, -0.1) is 0 Å². The van der Waals surface area contributed by atoms with Crippen molar-refractivity contribution < 1.29 is 47.9 Å². The second-order valence-electron chi connectivity index (χ2n) is 25.5. The molecule has 32 nitrogen and oxygen atoms in total. The van der Waals surface area contributed by atoms with Crippen LogP contribution < -0.4 is 83.9 Å². The van der Waals surface area contributed by atoms with Gasteiger partial charge in [0.15, 0.2) is 47.0 Å². The van der Waals surface area contributed by atoms with Crippen LogP contribution in [0.5, 0.6) is 0 Å². The number of nitrogens with two attached hydrogens (primary N) is 10. The predicted octanol–water partition coefficient (Wildman–Crippen LogP) is 0.886. The number of benzene rings is 3. The van der Waals surface area contributed by atoms with Crippen molar-refractivity contribution in [2.24, 2.45) is 106 Å². The molecule has 3 aromatic carbocycles. The van der Waals surface area contributed by atoms with Gasteiger partial charge in [0.05, 0.1) is 24.2 Å². The van der Waals surface area contributed by atoms with E-state index in [9.17, 15) is 24.0 Å². The quantitative estimate of drug-likeness (QED) is 0.00985. The summed E-state index contributed by atoms with van der Waals surface area (Å²) in [6.45, 7) is 0.424. The molecular formula is C69H106N22O10. The number of primary amides is 1. The second-order valence-corrected chi connectivity index (χ2v) is 25.5. The Labute approximate surface area is 589 Å². The van der Waals surface area contributed by atoms with Crippen LogP contribution in [0.2, 0.25) is 0 Å². The number of rotatable bonds is 34. The monoisotopic (exact) mass is 1400 g/mol. The van der Waals surface area contributed by atoms with Gasteiger partial charge in [0.2, 0.25) is 29.5 Å². The summed E-state index contributed by atoms with van der Waals surface area (Å²) < 4.78 is 0. The van der Waals surface area contributed by atoms with Crippen molar-refractivity contribution in [2.45, 2.75) is 178 Å². The highest BCUT2D eigenvalue weighted by Gasteiger charge is 2.36. The lowest BCUT2D eigenvalue weighted by Crippen LogP contribution is -2.49. The molecule has 25 N–H and O–H groups in total. The van der Waals surface area contributed by atoms with Crippen LogP contribution in [0.15, 0.2) is 97.9 Å². The lowest BCUT2D eigenvalue weighted by molar-refractivity contribution is -0.136. The normalized spacial score (nSPS) is 20.6. The van der Waals surface area contributed by atoms with Crippen LogP contribution >= 0.6 is 0 Å². The van der Waals surface area contributed by atoms with Gasteiger partial charge in [-0.3, -0.25) is 67.9 Å². The Balaban J connectivity index is 1.98. The van der Waals surface area contributed by atoms with Crippen LogP contribution in [0.1, 0.15) is 146 Å². The third kappa shape index (κ3) is 33.1. The van der Waals surface area contributed by atoms with Gasteiger partial charge in [0, 0.05) is 106 Å². The van der Waals surface area contributed by atoms with E-state index in [0.29, 0.717) is 43.4 Å². The van der Waals surface area contributed by atoms with Crippen molar-refractivity contribution in [2.75, 3.05) is 45.8 Å². The average molecular weight is 1400 g/mol. The number of hydrogen-bond donors (Lipinski definition) is 15. The van der Waals surface area contributed by atoms with Crippen molar-refractivity contribution in [3.05, 3.63) is 94.4 Å². The molecule has 3 aromatic rings. The first kappa shape index (κ1) is 83.4. The van der Waals surface area contributed by atoms with Crippen LogP contribution in [-0.2, 0) is 60.8 Å². The molecule has 1 saturated heterocycles. The van der Waals surface area contributed by atoms with E-state index in [-0.39, 0.29) is 166 Å². The summed E-state index contributed by atoms with van der Waals surface area (Å²) in [5, 5.41) is 20.0. The van der Waals surface area contributed by atoms with Crippen LogP contribution in [0.25, 0.3) is 21.2 Å². The second kappa shape index (κ2) is 46.3. The molecule has 9 atom stereocenters. The summed E-state index contributed by atoms with van der Waals surface area (Å²) in [6.07, 6.45) is -0.233. The van der Waals surface area contributed by atoms with E-state index >= 15 is 24.0 Å². The lowest BCUT2D eigenvalue weighted by atomic mass is 9.86. The smallest absolute Gasteiger partial charge is 0.239 e. The number of ketones is 5. The summed E-state index contributed by atoms with van der Waals surface area (Å²) in [5.74, 6) is -12.0. The maximum absolute atomic E-state index is 15.4. The van der Waals surface area contributed by atoms with Crippen LogP contribution in [0.4, 0.5) is 0 Å². The molecular weight excluding hydrogens is 1300 g/mol. The van der Waals surface area contributed by atoms with Gasteiger partial charge in [0.1, 0.15) is 11.8 Å². The molecule has 0 aromatic heterocycles. The Morgan fingerprint density at radius 2 is 0.950 bits per heavy atom. The van der Waals surface area contributed by atoms with E-state index in [1.807, 2.05) is 42.5 Å². The molecule has 0 spiro atoms.